The van der Waals surface area contributed by atoms with Crippen molar-refractivity contribution in [2.45, 2.75) is 6.61 Å². The minimum Gasteiger partial charge on any atom is -0.453 e. The smallest absolute Gasteiger partial charge is 0.331 e. The fraction of sp³-hybridized carbons (Fsp3) is 0.0588. The maximum absolute atomic E-state index is 11.6. The number of thiophene rings is 1. The molecule has 3 aromatic rings. The fourth-order valence-corrected chi connectivity index (χ4v) is 2.45. The van der Waals surface area contributed by atoms with Gasteiger partial charge >= 0.3 is 5.97 Å². The highest BCUT2D eigenvalue weighted by atomic mass is 32.1. The van der Waals surface area contributed by atoms with Crippen LogP contribution >= 0.6 is 11.3 Å². The van der Waals surface area contributed by atoms with Gasteiger partial charge in [-0.1, -0.05) is 36.4 Å². The zero-order valence-corrected chi connectivity index (χ0v) is 12.5. The highest BCUT2D eigenvalue weighted by molar-refractivity contribution is 7.10. The predicted octanol–water partition coefficient (Wildman–Crippen LogP) is 4.16. The van der Waals surface area contributed by atoms with Gasteiger partial charge in [0.25, 0.3) is 0 Å². The van der Waals surface area contributed by atoms with Gasteiger partial charge in [0, 0.05) is 16.5 Å². The summed E-state index contributed by atoms with van der Waals surface area (Å²) in [6, 6.07) is 13.5. The number of carbonyl (C=O) groups excluding carboxylic acids is 1. The van der Waals surface area contributed by atoms with Crippen LogP contribution in [-0.4, -0.2) is 11.0 Å². The Balaban J connectivity index is 1.56. The van der Waals surface area contributed by atoms with E-state index >= 15 is 0 Å². The molecule has 0 spiro atoms. The van der Waals surface area contributed by atoms with Crippen molar-refractivity contribution in [1.29, 1.82) is 0 Å². The molecule has 1 aromatic carbocycles. The summed E-state index contributed by atoms with van der Waals surface area (Å²) in [7, 11) is 0. The number of esters is 1. The summed E-state index contributed by atoms with van der Waals surface area (Å²) in [4.78, 5) is 16.7. The molecule has 0 amide bonds. The zero-order valence-electron chi connectivity index (χ0n) is 11.6. The van der Waals surface area contributed by atoms with Gasteiger partial charge < -0.3 is 9.15 Å². The van der Waals surface area contributed by atoms with E-state index in [4.69, 9.17) is 9.15 Å². The minimum absolute atomic E-state index is 0.0143. The number of nitrogens with zero attached hydrogens (tertiary/aromatic N) is 1. The molecule has 2 aromatic heterocycles. The molecule has 3 rings (SSSR count). The van der Waals surface area contributed by atoms with Crippen LogP contribution in [0.5, 0.6) is 0 Å². The third-order valence-electron chi connectivity index (χ3n) is 2.88. The van der Waals surface area contributed by atoms with Crippen molar-refractivity contribution in [2.75, 3.05) is 0 Å². The van der Waals surface area contributed by atoms with Crippen molar-refractivity contribution in [3.05, 3.63) is 70.9 Å². The summed E-state index contributed by atoms with van der Waals surface area (Å²) in [5.41, 5.74) is 0.935. The van der Waals surface area contributed by atoms with Crippen molar-refractivity contribution in [2.24, 2.45) is 0 Å². The van der Waals surface area contributed by atoms with Crippen LogP contribution in [0.3, 0.4) is 0 Å². The molecule has 0 N–H and O–H groups in total. The summed E-state index contributed by atoms with van der Waals surface area (Å²) < 4.78 is 10.7. The van der Waals surface area contributed by atoms with E-state index in [-0.39, 0.29) is 6.61 Å². The molecule has 0 fully saturated rings. The highest BCUT2D eigenvalue weighted by Crippen LogP contribution is 2.20. The molecular formula is C17H13NO3S. The van der Waals surface area contributed by atoms with Crippen LogP contribution in [0, 0.1) is 0 Å². The van der Waals surface area contributed by atoms with E-state index in [2.05, 4.69) is 4.98 Å². The zero-order chi connectivity index (χ0) is 15.2. The fourth-order valence-electron chi connectivity index (χ4n) is 1.83. The van der Waals surface area contributed by atoms with E-state index < -0.39 is 5.97 Å². The quantitative estimate of drug-likeness (QED) is 0.524. The van der Waals surface area contributed by atoms with Gasteiger partial charge in [0.2, 0.25) is 5.89 Å². The lowest BCUT2D eigenvalue weighted by Crippen LogP contribution is -2.00. The first-order valence-corrected chi connectivity index (χ1v) is 7.58. The van der Waals surface area contributed by atoms with Crippen LogP contribution in [-0.2, 0) is 16.1 Å². The highest BCUT2D eigenvalue weighted by Gasteiger charge is 2.07. The lowest BCUT2D eigenvalue weighted by molar-refractivity contribution is -0.139. The molecular weight excluding hydrogens is 298 g/mol. The van der Waals surface area contributed by atoms with E-state index in [9.17, 15) is 4.79 Å². The Bertz CT molecular complexity index is 760. The summed E-state index contributed by atoms with van der Waals surface area (Å²) in [6.45, 7) is 0.0143. The van der Waals surface area contributed by atoms with Crippen molar-refractivity contribution < 1.29 is 13.9 Å². The largest absolute Gasteiger partial charge is 0.453 e. The van der Waals surface area contributed by atoms with Gasteiger partial charge in [-0.05, 0) is 17.5 Å². The standard InChI is InChI=1S/C17H13NO3S/c19-17(9-8-14-7-4-10-22-14)20-12-16-18-11-15(21-16)13-5-2-1-3-6-13/h1-11H,12H2/b9-8+. The van der Waals surface area contributed by atoms with Crippen molar-refractivity contribution in [3.63, 3.8) is 0 Å². The molecule has 0 unspecified atom stereocenters. The maximum atomic E-state index is 11.6. The Morgan fingerprint density at radius 3 is 2.86 bits per heavy atom. The molecule has 0 aliphatic heterocycles. The number of oxazole rings is 1. The average molecular weight is 311 g/mol. The Hall–Kier alpha value is -2.66. The Labute approximate surface area is 131 Å². The van der Waals surface area contributed by atoms with Crippen LogP contribution in [0.4, 0.5) is 0 Å². The Morgan fingerprint density at radius 2 is 2.09 bits per heavy atom. The third kappa shape index (κ3) is 3.71. The van der Waals surface area contributed by atoms with Crippen LogP contribution < -0.4 is 0 Å². The summed E-state index contributed by atoms with van der Waals surface area (Å²) in [6.07, 6.45) is 4.74. The monoisotopic (exact) mass is 311 g/mol. The number of carbonyl (C=O) groups is 1. The molecule has 4 nitrogen and oxygen atoms in total. The molecule has 0 bridgehead atoms. The van der Waals surface area contributed by atoms with E-state index in [1.54, 1.807) is 23.6 Å². The van der Waals surface area contributed by atoms with E-state index in [1.165, 1.54) is 6.08 Å². The number of benzene rings is 1. The van der Waals surface area contributed by atoms with E-state index in [0.717, 1.165) is 10.4 Å². The van der Waals surface area contributed by atoms with Gasteiger partial charge in [-0.15, -0.1) is 11.3 Å². The van der Waals surface area contributed by atoms with Crippen molar-refractivity contribution in [3.8, 4) is 11.3 Å². The third-order valence-corrected chi connectivity index (χ3v) is 3.71. The van der Waals surface area contributed by atoms with Gasteiger partial charge in [-0.3, -0.25) is 0 Å². The number of hydrogen-bond donors (Lipinski definition) is 0. The van der Waals surface area contributed by atoms with Crippen LogP contribution in [0.1, 0.15) is 10.8 Å². The van der Waals surface area contributed by atoms with Crippen LogP contribution in [0.2, 0.25) is 0 Å². The Morgan fingerprint density at radius 1 is 1.23 bits per heavy atom. The molecule has 0 radical (unpaired) electrons. The van der Waals surface area contributed by atoms with Gasteiger partial charge in [-0.25, -0.2) is 9.78 Å². The molecule has 22 heavy (non-hydrogen) atoms. The van der Waals surface area contributed by atoms with E-state index in [0.29, 0.717) is 11.7 Å². The summed E-state index contributed by atoms with van der Waals surface area (Å²) in [5, 5.41) is 1.95. The average Bonchev–Trinajstić information content (AvgIpc) is 3.23. The van der Waals surface area contributed by atoms with Crippen LogP contribution in [0.15, 0.2) is 64.5 Å². The summed E-state index contributed by atoms with van der Waals surface area (Å²) in [5.74, 6) is 0.602. The molecule has 2 heterocycles. The molecule has 110 valence electrons. The first-order valence-electron chi connectivity index (χ1n) is 6.70. The predicted molar refractivity (Wildman–Crippen MR) is 85.1 cm³/mol. The molecule has 0 saturated carbocycles. The van der Waals surface area contributed by atoms with Gasteiger partial charge in [0.05, 0.1) is 6.20 Å². The molecule has 0 saturated heterocycles. The van der Waals surface area contributed by atoms with Crippen molar-refractivity contribution in [1.82, 2.24) is 4.98 Å². The molecule has 0 aliphatic rings. The molecule has 0 atom stereocenters. The van der Waals surface area contributed by atoms with Crippen LogP contribution in [0.25, 0.3) is 17.4 Å². The topological polar surface area (TPSA) is 52.3 Å². The Kier molecular flexibility index (Phi) is 4.46. The normalized spacial score (nSPS) is 10.9. The number of rotatable bonds is 5. The van der Waals surface area contributed by atoms with Crippen molar-refractivity contribution >= 4 is 23.4 Å². The lowest BCUT2D eigenvalue weighted by atomic mass is 10.2. The number of ether oxygens (including phenoxy) is 1. The second kappa shape index (κ2) is 6.87. The number of hydrogen-bond acceptors (Lipinski definition) is 5. The first kappa shape index (κ1) is 14.3. The summed E-state index contributed by atoms with van der Waals surface area (Å²) >= 11 is 1.55. The second-order valence-electron chi connectivity index (χ2n) is 4.44. The van der Waals surface area contributed by atoms with E-state index in [1.807, 2.05) is 47.8 Å². The SMILES string of the molecule is O=C(/C=C/c1cccs1)OCc1ncc(-c2ccccc2)o1. The minimum atomic E-state index is -0.423. The number of aromatic nitrogens is 1. The first-order chi connectivity index (χ1) is 10.8. The van der Waals surface area contributed by atoms with Gasteiger partial charge in [-0.2, -0.15) is 0 Å². The molecule has 5 heteroatoms. The maximum Gasteiger partial charge on any atom is 0.331 e. The van der Waals surface area contributed by atoms with Gasteiger partial charge in [0.1, 0.15) is 0 Å². The molecule has 0 aliphatic carbocycles. The lowest BCUT2D eigenvalue weighted by Gasteiger charge is -1.98. The second-order valence-corrected chi connectivity index (χ2v) is 5.42. The van der Waals surface area contributed by atoms with Gasteiger partial charge in [0.15, 0.2) is 12.4 Å².